The van der Waals surface area contributed by atoms with E-state index >= 15 is 0 Å². The van der Waals surface area contributed by atoms with Crippen LogP contribution in [-0.4, -0.2) is 38.2 Å². The van der Waals surface area contributed by atoms with Gasteiger partial charge in [-0.25, -0.2) is 4.79 Å². The molecule has 2 rings (SSSR count). The molecule has 0 fully saturated rings. The van der Waals surface area contributed by atoms with Crippen LogP contribution in [0, 0.1) is 0 Å². The molecule has 0 aromatic carbocycles. The van der Waals surface area contributed by atoms with Crippen LogP contribution in [0.15, 0.2) is 10.7 Å². The van der Waals surface area contributed by atoms with Crippen molar-refractivity contribution < 1.29 is 14.7 Å². The van der Waals surface area contributed by atoms with E-state index in [9.17, 15) is 14.7 Å². The van der Waals surface area contributed by atoms with Crippen molar-refractivity contribution in [2.24, 2.45) is 0 Å². The molecule has 1 atom stereocenters. The highest BCUT2D eigenvalue weighted by molar-refractivity contribution is 9.10. The fourth-order valence-electron chi connectivity index (χ4n) is 1.89. The Kier molecular flexibility index (Phi) is 2.71. The van der Waals surface area contributed by atoms with Crippen LogP contribution < -0.4 is 0 Å². The first-order chi connectivity index (χ1) is 7.52. The van der Waals surface area contributed by atoms with Crippen LogP contribution in [-0.2, 0) is 16.1 Å². The molecule has 1 unspecified atom stereocenters. The van der Waals surface area contributed by atoms with Crippen molar-refractivity contribution in [1.29, 1.82) is 0 Å². The first-order valence-corrected chi connectivity index (χ1v) is 5.53. The van der Waals surface area contributed by atoms with Gasteiger partial charge < -0.3 is 10.0 Å². The van der Waals surface area contributed by atoms with Crippen molar-refractivity contribution in [1.82, 2.24) is 14.7 Å². The number of hydrogen-bond donors (Lipinski definition) is 1. The van der Waals surface area contributed by atoms with Crippen LogP contribution in [0.1, 0.15) is 18.7 Å². The molecular weight excluding hydrogens is 278 g/mol. The van der Waals surface area contributed by atoms with Crippen LogP contribution in [0.5, 0.6) is 0 Å². The normalized spacial score (nSPS) is 19.4. The average Bonchev–Trinajstić information content (AvgIpc) is 2.59. The van der Waals surface area contributed by atoms with Gasteiger partial charge in [-0.1, -0.05) is 0 Å². The molecule has 1 aromatic rings. The maximum atomic E-state index is 11.4. The molecule has 0 saturated heterocycles. The van der Waals surface area contributed by atoms with E-state index in [1.165, 1.54) is 11.8 Å². The summed E-state index contributed by atoms with van der Waals surface area (Å²) in [7, 11) is 0. The number of carbonyl (C=O) groups is 2. The van der Waals surface area contributed by atoms with E-state index in [2.05, 4.69) is 21.0 Å². The standard InChI is InChI=1S/C9H10BrN3O3/c1-5(14)12-2-3-13-7(6(10)4-11-13)8(12)9(15)16/h4,8H,2-3H2,1H3,(H,15,16). The lowest BCUT2D eigenvalue weighted by atomic mass is 10.1. The Morgan fingerprint density at radius 1 is 1.56 bits per heavy atom. The van der Waals surface area contributed by atoms with Crippen LogP contribution >= 0.6 is 15.9 Å². The number of carbonyl (C=O) groups excluding carboxylic acids is 1. The molecule has 1 aliphatic heterocycles. The minimum Gasteiger partial charge on any atom is -0.479 e. The summed E-state index contributed by atoms with van der Waals surface area (Å²) < 4.78 is 2.23. The van der Waals surface area contributed by atoms with Gasteiger partial charge in [0.1, 0.15) is 0 Å². The van der Waals surface area contributed by atoms with E-state index in [0.717, 1.165) is 0 Å². The number of carboxylic acid groups (broad SMARTS) is 1. The molecule has 1 aromatic heterocycles. The highest BCUT2D eigenvalue weighted by atomic mass is 79.9. The number of amides is 1. The van der Waals surface area contributed by atoms with Crippen molar-refractivity contribution in [2.75, 3.05) is 6.54 Å². The molecule has 2 heterocycles. The zero-order valence-corrected chi connectivity index (χ0v) is 10.1. The molecule has 6 nitrogen and oxygen atoms in total. The lowest BCUT2D eigenvalue weighted by Crippen LogP contribution is -2.44. The minimum atomic E-state index is -1.04. The first-order valence-electron chi connectivity index (χ1n) is 4.73. The third-order valence-electron chi connectivity index (χ3n) is 2.60. The summed E-state index contributed by atoms with van der Waals surface area (Å²) in [6, 6.07) is -0.955. The van der Waals surface area contributed by atoms with Crippen LogP contribution in [0.3, 0.4) is 0 Å². The number of rotatable bonds is 1. The van der Waals surface area contributed by atoms with Gasteiger partial charge in [0.2, 0.25) is 5.91 Å². The molecule has 0 aliphatic carbocycles. The van der Waals surface area contributed by atoms with Crippen molar-refractivity contribution in [3.63, 3.8) is 0 Å². The SMILES string of the molecule is CC(=O)N1CCn2ncc(Br)c2C1C(=O)O. The Labute approximate surface area is 100.0 Å². The van der Waals surface area contributed by atoms with E-state index < -0.39 is 12.0 Å². The van der Waals surface area contributed by atoms with Gasteiger partial charge in [-0.05, 0) is 15.9 Å². The molecule has 0 spiro atoms. The van der Waals surface area contributed by atoms with Gasteiger partial charge in [0.25, 0.3) is 0 Å². The van der Waals surface area contributed by atoms with E-state index in [1.807, 2.05) is 0 Å². The van der Waals surface area contributed by atoms with Gasteiger partial charge in [-0.15, -0.1) is 0 Å². The summed E-state index contributed by atoms with van der Waals surface area (Å²) >= 11 is 3.25. The Balaban J connectivity index is 2.50. The topological polar surface area (TPSA) is 75.4 Å². The van der Waals surface area contributed by atoms with Crippen molar-refractivity contribution in [3.05, 3.63) is 16.4 Å². The van der Waals surface area contributed by atoms with Gasteiger partial charge in [-0.3, -0.25) is 9.48 Å². The predicted octanol–water partition coefficient (Wildman–Crippen LogP) is 0.633. The van der Waals surface area contributed by atoms with Crippen LogP contribution in [0.4, 0.5) is 0 Å². The molecule has 1 aliphatic rings. The summed E-state index contributed by atoms with van der Waals surface area (Å²) in [4.78, 5) is 23.9. The predicted molar refractivity (Wildman–Crippen MR) is 57.7 cm³/mol. The van der Waals surface area contributed by atoms with Crippen molar-refractivity contribution in [3.8, 4) is 0 Å². The Morgan fingerprint density at radius 2 is 2.25 bits per heavy atom. The maximum absolute atomic E-state index is 11.4. The second-order valence-electron chi connectivity index (χ2n) is 3.55. The molecule has 0 radical (unpaired) electrons. The summed E-state index contributed by atoms with van der Waals surface area (Å²) in [5.74, 6) is -1.29. The smallest absolute Gasteiger partial charge is 0.332 e. The lowest BCUT2D eigenvalue weighted by molar-refractivity contribution is -0.151. The zero-order chi connectivity index (χ0) is 11.9. The summed E-state index contributed by atoms with van der Waals surface area (Å²) in [6.07, 6.45) is 1.55. The minimum absolute atomic E-state index is 0.244. The Bertz CT molecular complexity index is 457. The van der Waals surface area contributed by atoms with Crippen molar-refractivity contribution in [2.45, 2.75) is 19.5 Å². The third-order valence-corrected chi connectivity index (χ3v) is 3.21. The van der Waals surface area contributed by atoms with Gasteiger partial charge in [0, 0.05) is 13.5 Å². The Morgan fingerprint density at radius 3 is 2.81 bits per heavy atom. The molecule has 86 valence electrons. The number of aliphatic carboxylic acids is 1. The number of hydrogen-bond acceptors (Lipinski definition) is 3. The molecule has 0 bridgehead atoms. The fraction of sp³-hybridized carbons (Fsp3) is 0.444. The highest BCUT2D eigenvalue weighted by Crippen LogP contribution is 2.31. The number of carboxylic acids is 1. The monoisotopic (exact) mass is 287 g/mol. The van der Waals surface area contributed by atoms with Gasteiger partial charge >= 0.3 is 5.97 Å². The van der Waals surface area contributed by atoms with Gasteiger partial charge in [0.05, 0.1) is 22.9 Å². The quantitative estimate of drug-likeness (QED) is 0.822. The third kappa shape index (κ3) is 1.60. The highest BCUT2D eigenvalue weighted by Gasteiger charge is 2.37. The van der Waals surface area contributed by atoms with E-state index in [4.69, 9.17) is 0 Å². The first kappa shape index (κ1) is 11.1. The largest absolute Gasteiger partial charge is 0.479 e. The molecule has 7 heteroatoms. The zero-order valence-electron chi connectivity index (χ0n) is 8.55. The van der Waals surface area contributed by atoms with Gasteiger partial charge in [-0.2, -0.15) is 5.10 Å². The number of fused-ring (bicyclic) bond motifs is 1. The molecule has 0 saturated carbocycles. The fourth-order valence-corrected chi connectivity index (χ4v) is 2.40. The summed E-state index contributed by atoms with van der Waals surface area (Å²) in [5.41, 5.74) is 0.522. The average molecular weight is 288 g/mol. The molecule has 16 heavy (non-hydrogen) atoms. The maximum Gasteiger partial charge on any atom is 0.332 e. The van der Waals surface area contributed by atoms with Crippen LogP contribution in [0.2, 0.25) is 0 Å². The number of aromatic nitrogens is 2. The molecule has 1 amide bonds. The number of halogens is 1. The second kappa shape index (κ2) is 3.89. The van der Waals surface area contributed by atoms with Crippen LogP contribution in [0.25, 0.3) is 0 Å². The summed E-state index contributed by atoms with van der Waals surface area (Å²) in [6.45, 7) is 2.26. The Hall–Kier alpha value is -1.37. The van der Waals surface area contributed by atoms with E-state index in [1.54, 1.807) is 10.9 Å². The molecular formula is C9H10BrN3O3. The van der Waals surface area contributed by atoms with E-state index in [0.29, 0.717) is 23.3 Å². The summed E-state index contributed by atoms with van der Waals surface area (Å²) in [5, 5.41) is 13.2. The molecule has 1 N–H and O–H groups in total. The van der Waals surface area contributed by atoms with Crippen molar-refractivity contribution >= 4 is 27.8 Å². The lowest BCUT2D eigenvalue weighted by Gasteiger charge is -2.33. The van der Waals surface area contributed by atoms with E-state index in [-0.39, 0.29) is 5.91 Å². The second-order valence-corrected chi connectivity index (χ2v) is 4.41. The van der Waals surface area contributed by atoms with Gasteiger partial charge in [0.15, 0.2) is 6.04 Å². The number of nitrogens with zero attached hydrogens (tertiary/aromatic N) is 3.